The molecule has 114 valence electrons. The van der Waals surface area contributed by atoms with Gasteiger partial charge in [-0.25, -0.2) is 4.98 Å². The molecule has 22 heavy (non-hydrogen) atoms. The van der Waals surface area contributed by atoms with Crippen molar-refractivity contribution in [2.24, 2.45) is 0 Å². The summed E-state index contributed by atoms with van der Waals surface area (Å²) in [4.78, 5) is 20.2. The summed E-state index contributed by atoms with van der Waals surface area (Å²) in [6.45, 7) is 6.25. The first-order valence-corrected chi connectivity index (χ1v) is 8.33. The van der Waals surface area contributed by atoms with E-state index in [4.69, 9.17) is 0 Å². The van der Waals surface area contributed by atoms with Crippen LogP contribution in [0, 0.1) is 0 Å². The molecule has 0 spiro atoms. The molecule has 0 amide bonds. The molecule has 0 fully saturated rings. The molecule has 0 unspecified atom stereocenters. The predicted molar refractivity (Wildman–Crippen MR) is 93.8 cm³/mol. The summed E-state index contributed by atoms with van der Waals surface area (Å²) in [6, 6.07) is 7.90. The largest absolute Gasteiger partial charge is 0.359 e. The Kier molecular flexibility index (Phi) is 3.98. The van der Waals surface area contributed by atoms with Gasteiger partial charge in [0.2, 0.25) is 0 Å². The summed E-state index contributed by atoms with van der Waals surface area (Å²) in [7, 11) is 0. The molecule has 3 rings (SSSR count). The fraction of sp³-hybridized carbons (Fsp3) is 0.294. The molecule has 2 N–H and O–H groups in total. The zero-order valence-electron chi connectivity index (χ0n) is 12.9. The van der Waals surface area contributed by atoms with Crippen molar-refractivity contribution >= 4 is 27.4 Å². The SMILES string of the molecule is CCc1ccc2c(=O)cc(-c3csc(NC(C)C)n3)[nH]c2c1. The van der Waals surface area contributed by atoms with Crippen molar-refractivity contribution in [3.63, 3.8) is 0 Å². The van der Waals surface area contributed by atoms with E-state index in [1.54, 1.807) is 17.4 Å². The van der Waals surface area contributed by atoms with Crippen LogP contribution in [0.4, 0.5) is 5.13 Å². The Hall–Kier alpha value is -2.14. The Morgan fingerprint density at radius 1 is 1.32 bits per heavy atom. The normalized spacial score (nSPS) is 11.3. The molecule has 0 aliphatic heterocycles. The third-order valence-corrected chi connectivity index (χ3v) is 4.27. The van der Waals surface area contributed by atoms with Crippen LogP contribution in [0.2, 0.25) is 0 Å². The van der Waals surface area contributed by atoms with Crippen molar-refractivity contribution in [3.05, 3.63) is 45.4 Å². The lowest BCUT2D eigenvalue weighted by atomic mass is 10.1. The van der Waals surface area contributed by atoms with Crippen molar-refractivity contribution in [1.29, 1.82) is 0 Å². The summed E-state index contributed by atoms with van der Waals surface area (Å²) in [6.07, 6.45) is 0.946. The highest BCUT2D eigenvalue weighted by Crippen LogP contribution is 2.24. The second kappa shape index (κ2) is 5.93. The number of pyridine rings is 1. The monoisotopic (exact) mass is 313 g/mol. The van der Waals surface area contributed by atoms with Gasteiger partial charge >= 0.3 is 0 Å². The van der Waals surface area contributed by atoms with E-state index in [-0.39, 0.29) is 5.43 Å². The van der Waals surface area contributed by atoms with Gasteiger partial charge in [0, 0.05) is 22.9 Å². The van der Waals surface area contributed by atoms with E-state index in [1.807, 2.05) is 23.6 Å². The first kappa shape index (κ1) is 14.8. The Bertz CT molecular complexity index is 864. The van der Waals surface area contributed by atoms with Gasteiger partial charge in [-0.15, -0.1) is 11.3 Å². The molecule has 0 aliphatic carbocycles. The van der Waals surface area contributed by atoms with Crippen molar-refractivity contribution in [3.8, 4) is 11.4 Å². The first-order valence-electron chi connectivity index (χ1n) is 7.45. The molecular weight excluding hydrogens is 294 g/mol. The lowest BCUT2D eigenvalue weighted by molar-refractivity contribution is 0.896. The lowest BCUT2D eigenvalue weighted by Crippen LogP contribution is -2.09. The van der Waals surface area contributed by atoms with Crippen LogP contribution in [0.25, 0.3) is 22.3 Å². The van der Waals surface area contributed by atoms with Crippen molar-refractivity contribution in [1.82, 2.24) is 9.97 Å². The third-order valence-electron chi connectivity index (χ3n) is 3.49. The predicted octanol–water partition coefficient (Wildman–Crippen LogP) is 4.03. The van der Waals surface area contributed by atoms with Gasteiger partial charge in [-0.3, -0.25) is 4.79 Å². The number of aryl methyl sites for hydroxylation is 1. The van der Waals surface area contributed by atoms with Gasteiger partial charge in [-0.2, -0.15) is 0 Å². The molecule has 0 bridgehead atoms. The molecule has 0 atom stereocenters. The molecule has 4 nitrogen and oxygen atoms in total. The Morgan fingerprint density at radius 2 is 2.14 bits per heavy atom. The molecule has 0 saturated heterocycles. The smallest absolute Gasteiger partial charge is 0.190 e. The highest BCUT2D eigenvalue weighted by Gasteiger charge is 2.09. The van der Waals surface area contributed by atoms with Gasteiger partial charge < -0.3 is 10.3 Å². The summed E-state index contributed by atoms with van der Waals surface area (Å²) in [5, 5.41) is 6.83. The number of hydrogen-bond donors (Lipinski definition) is 2. The zero-order chi connectivity index (χ0) is 15.7. The van der Waals surface area contributed by atoms with Crippen LogP contribution < -0.4 is 10.7 Å². The van der Waals surface area contributed by atoms with E-state index in [0.29, 0.717) is 6.04 Å². The summed E-state index contributed by atoms with van der Waals surface area (Å²) in [5.74, 6) is 0. The topological polar surface area (TPSA) is 57.8 Å². The highest BCUT2D eigenvalue weighted by molar-refractivity contribution is 7.14. The number of nitrogens with zero attached hydrogens (tertiary/aromatic N) is 1. The van der Waals surface area contributed by atoms with Crippen LogP contribution in [0.15, 0.2) is 34.4 Å². The second-order valence-electron chi connectivity index (χ2n) is 5.62. The number of hydrogen-bond acceptors (Lipinski definition) is 4. The molecule has 0 aliphatic rings. The minimum Gasteiger partial charge on any atom is -0.359 e. The Labute approximate surface area is 133 Å². The van der Waals surface area contributed by atoms with Crippen LogP contribution in [0.5, 0.6) is 0 Å². The van der Waals surface area contributed by atoms with Gasteiger partial charge in [0.15, 0.2) is 10.6 Å². The summed E-state index contributed by atoms with van der Waals surface area (Å²) in [5.41, 5.74) is 3.67. The van der Waals surface area contributed by atoms with Crippen molar-refractivity contribution < 1.29 is 0 Å². The maximum Gasteiger partial charge on any atom is 0.190 e. The molecule has 2 aromatic heterocycles. The van der Waals surface area contributed by atoms with Crippen molar-refractivity contribution in [2.75, 3.05) is 5.32 Å². The first-order chi connectivity index (χ1) is 10.6. The van der Waals surface area contributed by atoms with E-state index in [2.05, 4.69) is 36.1 Å². The molecule has 3 aromatic rings. The van der Waals surface area contributed by atoms with Gasteiger partial charge in [-0.05, 0) is 38.0 Å². The van der Waals surface area contributed by atoms with E-state index in [9.17, 15) is 4.79 Å². The van der Waals surface area contributed by atoms with Crippen LogP contribution >= 0.6 is 11.3 Å². The maximum atomic E-state index is 12.3. The number of fused-ring (bicyclic) bond motifs is 1. The maximum absolute atomic E-state index is 12.3. The van der Waals surface area contributed by atoms with Crippen LogP contribution in [-0.2, 0) is 6.42 Å². The van der Waals surface area contributed by atoms with E-state index in [1.165, 1.54) is 5.56 Å². The molecular formula is C17H19N3OS. The number of rotatable bonds is 4. The summed E-state index contributed by atoms with van der Waals surface area (Å²) < 4.78 is 0. The van der Waals surface area contributed by atoms with Crippen LogP contribution in [0.1, 0.15) is 26.3 Å². The zero-order valence-corrected chi connectivity index (χ0v) is 13.8. The number of benzene rings is 1. The average molecular weight is 313 g/mol. The summed E-state index contributed by atoms with van der Waals surface area (Å²) >= 11 is 1.55. The second-order valence-corrected chi connectivity index (χ2v) is 6.48. The number of aromatic amines is 1. The lowest BCUT2D eigenvalue weighted by Gasteiger charge is -2.05. The third kappa shape index (κ3) is 2.90. The van der Waals surface area contributed by atoms with Gasteiger partial charge in [0.25, 0.3) is 0 Å². The van der Waals surface area contributed by atoms with Gasteiger partial charge in [-0.1, -0.05) is 13.0 Å². The highest BCUT2D eigenvalue weighted by atomic mass is 32.1. The number of nitrogens with one attached hydrogen (secondary N) is 2. The van der Waals surface area contributed by atoms with Crippen molar-refractivity contribution in [2.45, 2.75) is 33.2 Å². The minimum atomic E-state index is 0.0257. The van der Waals surface area contributed by atoms with E-state index < -0.39 is 0 Å². The fourth-order valence-electron chi connectivity index (χ4n) is 2.37. The quantitative estimate of drug-likeness (QED) is 0.764. The molecule has 2 heterocycles. The van der Waals surface area contributed by atoms with E-state index >= 15 is 0 Å². The molecule has 0 radical (unpaired) electrons. The van der Waals surface area contributed by atoms with Gasteiger partial charge in [0.05, 0.1) is 16.9 Å². The Balaban J connectivity index is 2.07. The molecule has 1 aromatic carbocycles. The van der Waals surface area contributed by atoms with E-state index in [0.717, 1.165) is 33.8 Å². The Morgan fingerprint density at radius 3 is 2.86 bits per heavy atom. The number of anilines is 1. The standard InChI is InChI=1S/C17H19N3OS/c1-4-11-5-6-12-13(7-11)19-14(8-16(12)21)15-9-22-17(20-15)18-10(2)3/h5-10H,4H2,1-3H3,(H,18,20)(H,19,21). The number of thiazole rings is 1. The number of H-pyrrole nitrogens is 1. The fourth-order valence-corrected chi connectivity index (χ4v) is 3.23. The molecule has 0 saturated carbocycles. The van der Waals surface area contributed by atoms with Crippen LogP contribution in [-0.4, -0.2) is 16.0 Å². The average Bonchev–Trinajstić information content (AvgIpc) is 2.94. The minimum absolute atomic E-state index is 0.0257. The van der Waals surface area contributed by atoms with Gasteiger partial charge in [0.1, 0.15) is 0 Å². The molecule has 5 heteroatoms. The van der Waals surface area contributed by atoms with Crippen LogP contribution in [0.3, 0.4) is 0 Å². The number of aromatic nitrogens is 2.